The van der Waals surface area contributed by atoms with Crippen molar-refractivity contribution in [3.05, 3.63) is 0 Å². The second-order valence-corrected chi connectivity index (χ2v) is 4.91. The molecule has 1 nitrogen and oxygen atoms in total. The zero-order valence-electron chi connectivity index (χ0n) is 10.3. The molecular weight excluding hydrogens is 159 g/mol. The van der Waals surface area contributed by atoms with E-state index < -0.39 is 0 Å². The van der Waals surface area contributed by atoms with Crippen LogP contribution in [0.5, 0.6) is 0 Å². The predicted molar refractivity (Wildman–Crippen MR) is 61.3 cm³/mol. The van der Waals surface area contributed by atoms with Crippen LogP contribution < -0.4 is 0 Å². The Balaban J connectivity index is 4.31. The zero-order chi connectivity index (χ0) is 10.6. The highest BCUT2D eigenvalue weighted by Crippen LogP contribution is 2.32. The third-order valence-electron chi connectivity index (χ3n) is 3.41. The summed E-state index contributed by atoms with van der Waals surface area (Å²) in [4.78, 5) is 0. The third-order valence-corrected chi connectivity index (χ3v) is 3.41. The maximum Gasteiger partial charge on any atom is 0.298 e. The van der Waals surface area contributed by atoms with E-state index in [2.05, 4.69) is 41.5 Å². The fourth-order valence-corrected chi connectivity index (χ4v) is 1.67. The molecule has 0 saturated heterocycles. The molecule has 0 radical (unpaired) electrons. The SMILES string of the molecule is COB([C@@H](C)C(C)C)[C@@H](C)C(C)C. The maximum absolute atomic E-state index is 5.60. The summed E-state index contributed by atoms with van der Waals surface area (Å²) >= 11 is 0. The Kier molecular flexibility index (Phi) is 5.70. The highest BCUT2D eigenvalue weighted by atomic mass is 16.4. The van der Waals surface area contributed by atoms with Gasteiger partial charge in [0.25, 0.3) is 6.92 Å². The van der Waals surface area contributed by atoms with Crippen molar-refractivity contribution in [3.63, 3.8) is 0 Å². The van der Waals surface area contributed by atoms with Crippen LogP contribution in [-0.2, 0) is 4.65 Å². The van der Waals surface area contributed by atoms with E-state index in [0.29, 0.717) is 30.4 Å². The van der Waals surface area contributed by atoms with Gasteiger partial charge in [-0.25, -0.2) is 0 Å². The van der Waals surface area contributed by atoms with E-state index in [-0.39, 0.29) is 0 Å². The van der Waals surface area contributed by atoms with Crippen LogP contribution in [-0.4, -0.2) is 14.0 Å². The molecule has 78 valence electrons. The highest BCUT2D eigenvalue weighted by molar-refractivity contribution is 6.55. The van der Waals surface area contributed by atoms with Crippen molar-refractivity contribution in [1.29, 1.82) is 0 Å². The minimum Gasteiger partial charge on any atom is -0.438 e. The van der Waals surface area contributed by atoms with E-state index in [9.17, 15) is 0 Å². The lowest BCUT2D eigenvalue weighted by atomic mass is 9.43. The molecule has 0 aliphatic rings. The largest absolute Gasteiger partial charge is 0.438 e. The Morgan fingerprint density at radius 3 is 1.23 bits per heavy atom. The molecule has 0 heterocycles. The Morgan fingerprint density at radius 2 is 1.08 bits per heavy atom. The van der Waals surface area contributed by atoms with Crippen molar-refractivity contribution < 1.29 is 4.65 Å². The molecule has 0 aliphatic heterocycles. The molecule has 0 unspecified atom stereocenters. The predicted octanol–water partition coefficient (Wildman–Crippen LogP) is 3.72. The van der Waals surface area contributed by atoms with Gasteiger partial charge in [0.2, 0.25) is 0 Å². The highest BCUT2D eigenvalue weighted by Gasteiger charge is 2.32. The lowest BCUT2D eigenvalue weighted by Gasteiger charge is -2.29. The van der Waals surface area contributed by atoms with E-state index in [0.717, 1.165) is 0 Å². The molecule has 0 spiro atoms. The van der Waals surface area contributed by atoms with Gasteiger partial charge in [0, 0.05) is 7.11 Å². The van der Waals surface area contributed by atoms with E-state index in [4.69, 9.17) is 4.65 Å². The monoisotopic (exact) mass is 184 g/mol. The minimum atomic E-state index is 0.403. The zero-order valence-corrected chi connectivity index (χ0v) is 10.3. The molecule has 0 amide bonds. The molecule has 0 aromatic carbocycles. The van der Waals surface area contributed by atoms with Crippen molar-refractivity contribution in [2.24, 2.45) is 11.8 Å². The first-order chi connectivity index (χ1) is 5.91. The van der Waals surface area contributed by atoms with Crippen molar-refractivity contribution in [2.75, 3.05) is 7.11 Å². The van der Waals surface area contributed by atoms with Gasteiger partial charge in [0.05, 0.1) is 0 Å². The van der Waals surface area contributed by atoms with Gasteiger partial charge in [-0.15, -0.1) is 0 Å². The Morgan fingerprint density at radius 1 is 0.769 bits per heavy atom. The summed E-state index contributed by atoms with van der Waals surface area (Å²) in [6.07, 6.45) is 0. The number of hydrogen-bond acceptors (Lipinski definition) is 1. The second-order valence-electron chi connectivity index (χ2n) is 4.91. The van der Waals surface area contributed by atoms with Crippen LogP contribution in [0.1, 0.15) is 41.5 Å². The van der Waals surface area contributed by atoms with E-state index in [1.807, 2.05) is 7.11 Å². The van der Waals surface area contributed by atoms with Crippen LogP contribution in [0.2, 0.25) is 11.6 Å². The van der Waals surface area contributed by atoms with Gasteiger partial charge in [-0.3, -0.25) is 0 Å². The van der Waals surface area contributed by atoms with Crippen molar-refractivity contribution in [2.45, 2.75) is 53.2 Å². The van der Waals surface area contributed by atoms with Crippen LogP contribution in [0.3, 0.4) is 0 Å². The summed E-state index contributed by atoms with van der Waals surface area (Å²) in [5, 5.41) is 0. The van der Waals surface area contributed by atoms with Gasteiger partial charge in [-0.1, -0.05) is 41.5 Å². The lowest BCUT2D eigenvalue weighted by Crippen LogP contribution is -2.31. The molecule has 0 fully saturated rings. The second kappa shape index (κ2) is 5.69. The Hall–Kier alpha value is 0.0249. The maximum atomic E-state index is 5.60. The molecule has 13 heavy (non-hydrogen) atoms. The summed E-state index contributed by atoms with van der Waals surface area (Å²) in [6, 6.07) is 0. The van der Waals surface area contributed by atoms with Gasteiger partial charge in [-0.05, 0) is 23.5 Å². The standard InChI is InChI=1S/C11H25BO/c1-8(2)10(5)12(13-7)11(6)9(3)4/h8-11H,1-7H3/t10-,11-/m0/s1. The van der Waals surface area contributed by atoms with Crippen molar-refractivity contribution >= 4 is 6.92 Å². The van der Waals surface area contributed by atoms with Crippen molar-refractivity contribution in [3.8, 4) is 0 Å². The first kappa shape index (κ1) is 13.0. The fraction of sp³-hybridized carbons (Fsp3) is 1.00. The first-order valence-corrected chi connectivity index (χ1v) is 5.44. The number of rotatable bonds is 5. The molecule has 2 atom stereocenters. The minimum absolute atomic E-state index is 0.403. The third kappa shape index (κ3) is 3.72. The van der Waals surface area contributed by atoms with Gasteiger partial charge < -0.3 is 4.65 Å². The number of hydrogen-bond donors (Lipinski definition) is 0. The van der Waals surface area contributed by atoms with E-state index in [1.54, 1.807) is 0 Å². The van der Waals surface area contributed by atoms with Crippen LogP contribution in [0.15, 0.2) is 0 Å². The van der Waals surface area contributed by atoms with Gasteiger partial charge in [-0.2, -0.15) is 0 Å². The molecule has 0 aromatic rings. The molecule has 0 rings (SSSR count). The van der Waals surface area contributed by atoms with Gasteiger partial charge >= 0.3 is 0 Å². The summed E-state index contributed by atoms with van der Waals surface area (Å²) in [7, 11) is 1.84. The first-order valence-electron chi connectivity index (χ1n) is 5.44. The summed E-state index contributed by atoms with van der Waals surface area (Å²) in [5.41, 5.74) is 0. The van der Waals surface area contributed by atoms with Crippen LogP contribution in [0.25, 0.3) is 0 Å². The summed E-state index contributed by atoms with van der Waals surface area (Å²) < 4.78 is 5.60. The Bertz CT molecular complexity index is 120. The molecule has 0 aliphatic carbocycles. The molecule has 0 bridgehead atoms. The van der Waals surface area contributed by atoms with E-state index in [1.165, 1.54) is 0 Å². The topological polar surface area (TPSA) is 9.23 Å². The van der Waals surface area contributed by atoms with Gasteiger partial charge in [0.15, 0.2) is 0 Å². The smallest absolute Gasteiger partial charge is 0.298 e. The molecule has 2 heteroatoms. The average Bonchev–Trinajstić information content (AvgIpc) is 2.04. The molecule has 0 saturated carbocycles. The average molecular weight is 184 g/mol. The molecule has 0 N–H and O–H groups in total. The summed E-state index contributed by atoms with van der Waals surface area (Å²) in [6.45, 7) is 14.1. The van der Waals surface area contributed by atoms with Gasteiger partial charge in [0.1, 0.15) is 0 Å². The van der Waals surface area contributed by atoms with Crippen LogP contribution in [0, 0.1) is 11.8 Å². The quantitative estimate of drug-likeness (QED) is 0.591. The Labute approximate surface area is 84.4 Å². The normalized spacial score (nSPS) is 16.4. The summed E-state index contributed by atoms with van der Waals surface area (Å²) in [5.74, 6) is 2.68. The van der Waals surface area contributed by atoms with Crippen LogP contribution >= 0.6 is 0 Å². The molecular formula is C11H25BO. The molecule has 0 aromatic heterocycles. The van der Waals surface area contributed by atoms with Crippen molar-refractivity contribution in [1.82, 2.24) is 0 Å². The van der Waals surface area contributed by atoms with Crippen LogP contribution in [0.4, 0.5) is 0 Å². The van der Waals surface area contributed by atoms with E-state index >= 15 is 0 Å². The lowest BCUT2D eigenvalue weighted by molar-refractivity contribution is 0.367. The fourth-order valence-electron chi connectivity index (χ4n) is 1.67.